The van der Waals surface area contributed by atoms with Gasteiger partial charge in [-0.15, -0.1) is 0 Å². The van der Waals surface area contributed by atoms with Crippen molar-refractivity contribution in [3.63, 3.8) is 0 Å². The third-order valence-electron chi connectivity index (χ3n) is 7.66. The van der Waals surface area contributed by atoms with Crippen LogP contribution >= 0.6 is 23.5 Å². The van der Waals surface area contributed by atoms with Gasteiger partial charge in [0, 0.05) is 36.3 Å². The van der Waals surface area contributed by atoms with Crippen molar-refractivity contribution in [1.29, 1.82) is 0 Å². The lowest BCUT2D eigenvalue weighted by atomic mass is 10.1. The van der Waals surface area contributed by atoms with E-state index >= 15 is 0 Å². The molecule has 8 nitrogen and oxygen atoms in total. The van der Waals surface area contributed by atoms with E-state index in [4.69, 9.17) is 9.98 Å². The van der Waals surface area contributed by atoms with Crippen molar-refractivity contribution < 1.29 is 9.59 Å². The van der Waals surface area contributed by atoms with E-state index in [0.717, 1.165) is 82.9 Å². The number of para-hydroxylation sites is 2. The van der Waals surface area contributed by atoms with Crippen LogP contribution in [0.5, 0.6) is 0 Å². The molecule has 0 fully saturated rings. The van der Waals surface area contributed by atoms with Crippen molar-refractivity contribution in [1.82, 2.24) is 9.97 Å². The molecule has 0 radical (unpaired) electrons. The molecule has 0 bridgehead atoms. The van der Waals surface area contributed by atoms with E-state index in [0.29, 0.717) is 11.4 Å². The third-order valence-corrected chi connectivity index (χ3v) is 9.71. The number of hydrogen-bond donors (Lipinski definition) is 0. The summed E-state index contributed by atoms with van der Waals surface area (Å²) >= 11 is 3.26. The summed E-state index contributed by atoms with van der Waals surface area (Å²) in [4.78, 5) is 47.9. The summed E-state index contributed by atoms with van der Waals surface area (Å²) < 4.78 is 0. The monoisotopic (exact) mass is 672 g/mol. The minimum Gasteiger partial charge on any atom is -0.266 e. The van der Waals surface area contributed by atoms with Gasteiger partial charge in [0.05, 0.1) is 11.4 Å². The smallest absolute Gasteiger partial charge is 0.266 e. The minimum atomic E-state index is -0.119. The third kappa shape index (κ3) is 8.56. The normalized spacial score (nSPS) is 16.2. The van der Waals surface area contributed by atoms with Crippen molar-refractivity contribution in [2.75, 3.05) is 21.3 Å². The number of amides is 2. The molecule has 4 aromatic rings. The minimum absolute atomic E-state index is 0.119. The highest BCUT2D eigenvalue weighted by atomic mass is 32.2. The van der Waals surface area contributed by atoms with Gasteiger partial charge in [0.25, 0.3) is 11.8 Å². The van der Waals surface area contributed by atoms with Crippen LogP contribution in [0.1, 0.15) is 49.7 Å². The van der Waals surface area contributed by atoms with Gasteiger partial charge in [-0.1, -0.05) is 97.7 Å². The van der Waals surface area contributed by atoms with Crippen molar-refractivity contribution in [2.24, 2.45) is 9.98 Å². The molecular formula is C38H36N6O2S2. The average Bonchev–Trinajstić information content (AvgIpc) is 3.61. The highest BCUT2D eigenvalue weighted by Crippen LogP contribution is 2.31. The van der Waals surface area contributed by atoms with E-state index < -0.39 is 0 Å². The Morgan fingerprint density at radius 3 is 1.33 bits per heavy atom. The number of nitrogens with zero attached hydrogens (tertiary/aromatic N) is 6. The van der Waals surface area contributed by atoms with E-state index in [9.17, 15) is 9.59 Å². The first-order chi connectivity index (χ1) is 23.7. The predicted molar refractivity (Wildman–Crippen MR) is 200 cm³/mol. The molecule has 6 rings (SSSR count). The average molecular weight is 673 g/mol. The Hall–Kier alpha value is -4.80. The van der Waals surface area contributed by atoms with E-state index in [1.54, 1.807) is 70.3 Å². The summed E-state index contributed by atoms with van der Waals surface area (Å²) in [7, 11) is 0. The number of pyridine rings is 2. The van der Waals surface area contributed by atoms with Crippen LogP contribution in [0.25, 0.3) is 12.2 Å². The first kappa shape index (κ1) is 33.1. The van der Waals surface area contributed by atoms with E-state index in [1.165, 1.54) is 0 Å². The van der Waals surface area contributed by atoms with Gasteiger partial charge in [0.1, 0.15) is 11.4 Å². The van der Waals surface area contributed by atoms with Gasteiger partial charge in [0.15, 0.2) is 10.3 Å². The second-order valence-corrected chi connectivity index (χ2v) is 13.3. The number of benzene rings is 2. The zero-order valence-electron chi connectivity index (χ0n) is 26.5. The summed E-state index contributed by atoms with van der Waals surface area (Å²) in [6.07, 6.45) is 17.1. The van der Waals surface area contributed by atoms with E-state index in [1.807, 2.05) is 84.9 Å². The van der Waals surface area contributed by atoms with Crippen molar-refractivity contribution >= 4 is 69.2 Å². The van der Waals surface area contributed by atoms with E-state index in [2.05, 4.69) is 9.97 Å². The fourth-order valence-corrected chi connectivity index (χ4v) is 7.30. The lowest BCUT2D eigenvalue weighted by molar-refractivity contribution is -0.114. The largest absolute Gasteiger partial charge is 0.283 e. The zero-order valence-corrected chi connectivity index (χ0v) is 28.2. The van der Waals surface area contributed by atoms with Gasteiger partial charge >= 0.3 is 0 Å². The number of hydrogen-bond acceptors (Lipinski definition) is 8. The number of aliphatic imine (C=N–C) groups is 2. The SMILES string of the molecule is O=C1/C(=C\c2cccnc2)N=C(SCCCCCCCCSC2=N/C(=C/c3cccnc3)C(=O)N2c2ccccc2)N1c1ccccc1. The molecular weight excluding hydrogens is 637 g/mol. The Labute approximate surface area is 289 Å². The molecule has 0 spiro atoms. The highest BCUT2D eigenvalue weighted by Gasteiger charge is 2.33. The fraction of sp³-hybridized carbons (Fsp3) is 0.211. The fourth-order valence-electron chi connectivity index (χ4n) is 5.27. The number of rotatable bonds is 13. The topological polar surface area (TPSA) is 91.1 Å². The van der Waals surface area contributed by atoms with Gasteiger partial charge in [-0.25, -0.2) is 9.98 Å². The van der Waals surface area contributed by atoms with Crippen LogP contribution in [-0.4, -0.2) is 43.6 Å². The van der Waals surface area contributed by atoms with Gasteiger partial charge in [-0.05, 0) is 72.5 Å². The van der Waals surface area contributed by atoms with Crippen molar-refractivity contribution in [3.8, 4) is 0 Å². The highest BCUT2D eigenvalue weighted by molar-refractivity contribution is 8.14. The Bertz CT molecular complexity index is 1680. The molecule has 0 saturated heterocycles. The van der Waals surface area contributed by atoms with Gasteiger partial charge < -0.3 is 0 Å². The van der Waals surface area contributed by atoms with Crippen LogP contribution in [0.4, 0.5) is 11.4 Å². The van der Waals surface area contributed by atoms with Crippen molar-refractivity contribution in [2.45, 2.75) is 38.5 Å². The number of aromatic nitrogens is 2. The Balaban J connectivity index is 0.951. The van der Waals surface area contributed by atoms with Crippen LogP contribution in [0.3, 0.4) is 0 Å². The second kappa shape index (κ2) is 16.9. The van der Waals surface area contributed by atoms with Crippen LogP contribution < -0.4 is 9.80 Å². The lowest BCUT2D eigenvalue weighted by Crippen LogP contribution is -2.30. The Morgan fingerprint density at radius 2 is 0.938 bits per heavy atom. The molecule has 0 unspecified atom stereocenters. The molecule has 2 aliphatic rings. The summed E-state index contributed by atoms with van der Waals surface area (Å²) in [5.74, 6) is 1.55. The number of carbonyl (C=O) groups excluding carboxylic acids is 2. The molecule has 2 amide bonds. The summed E-state index contributed by atoms with van der Waals surface area (Å²) in [5, 5.41) is 1.43. The maximum atomic E-state index is 13.3. The molecule has 0 N–H and O–H groups in total. The number of anilines is 2. The van der Waals surface area contributed by atoms with Crippen LogP contribution in [0.2, 0.25) is 0 Å². The van der Waals surface area contributed by atoms with Crippen LogP contribution in [-0.2, 0) is 9.59 Å². The molecule has 2 aromatic carbocycles. The van der Waals surface area contributed by atoms with Crippen LogP contribution in [0, 0.1) is 0 Å². The Morgan fingerprint density at radius 1 is 0.521 bits per heavy atom. The number of thioether (sulfide) groups is 2. The standard InChI is InChI=1S/C38H36N6O2S2/c45-35-33(25-29-15-13-21-39-27-29)41-37(43(35)31-17-7-5-8-18-31)47-23-11-3-1-2-4-12-24-48-38-42-34(26-30-16-14-22-40-28-30)36(46)44(38)32-19-9-6-10-20-32/h5-10,13-22,25-28H,1-4,11-12,23-24H2/b33-25+,34-26+. The van der Waals surface area contributed by atoms with Gasteiger partial charge in [-0.3, -0.25) is 29.4 Å². The van der Waals surface area contributed by atoms with E-state index in [-0.39, 0.29) is 11.8 Å². The van der Waals surface area contributed by atoms with Gasteiger partial charge in [-0.2, -0.15) is 0 Å². The number of amidine groups is 2. The molecule has 48 heavy (non-hydrogen) atoms. The molecule has 0 saturated carbocycles. The Kier molecular flexibility index (Phi) is 11.6. The van der Waals surface area contributed by atoms with Crippen molar-refractivity contribution in [3.05, 3.63) is 132 Å². The predicted octanol–water partition coefficient (Wildman–Crippen LogP) is 8.47. The van der Waals surface area contributed by atoms with Gasteiger partial charge in [0.2, 0.25) is 0 Å². The molecule has 10 heteroatoms. The maximum absolute atomic E-state index is 13.3. The summed E-state index contributed by atoms with van der Waals surface area (Å²) in [6, 6.07) is 26.9. The maximum Gasteiger partial charge on any atom is 0.283 e. The quantitative estimate of drug-likeness (QED) is 0.105. The number of unbranched alkanes of at least 4 members (excludes halogenated alkanes) is 5. The molecule has 0 aliphatic carbocycles. The molecule has 2 aliphatic heterocycles. The molecule has 0 atom stereocenters. The first-order valence-corrected chi connectivity index (χ1v) is 18.1. The first-order valence-electron chi connectivity index (χ1n) is 16.1. The lowest BCUT2D eigenvalue weighted by Gasteiger charge is -2.17. The summed E-state index contributed by atoms with van der Waals surface area (Å²) in [5.41, 5.74) is 4.19. The molecule has 4 heterocycles. The summed E-state index contributed by atoms with van der Waals surface area (Å²) in [6.45, 7) is 0. The van der Waals surface area contributed by atoms with Crippen LogP contribution in [0.15, 0.2) is 131 Å². The second-order valence-electron chi connectivity index (χ2n) is 11.2. The number of carbonyl (C=O) groups is 2. The zero-order chi connectivity index (χ0) is 33.0. The molecule has 2 aromatic heterocycles. The molecule has 242 valence electrons.